The smallest absolute Gasteiger partial charge is 0.252 e. The number of pyridine rings is 1. The zero-order valence-corrected chi connectivity index (χ0v) is 10.2. The molecule has 0 radical (unpaired) electrons. The van der Waals surface area contributed by atoms with Gasteiger partial charge in [0.15, 0.2) is 0 Å². The van der Waals surface area contributed by atoms with Gasteiger partial charge < -0.3 is 5.32 Å². The van der Waals surface area contributed by atoms with Crippen molar-refractivity contribution in [1.29, 1.82) is 0 Å². The van der Waals surface area contributed by atoms with E-state index in [-0.39, 0.29) is 10.7 Å². The highest BCUT2D eigenvalue weighted by Gasteiger charge is 2.26. The quantitative estimate of drug-likeness (QED) is 0.863. The molecule has 0 saturated carbocycles. The highest BCUT2D eigenvalue weighted by molar-refractivity contribution is 7.89. The largest absolute Gasteiger partial charge is 0.372 e. The fourth-order valence-corrected chi connectivity index (χ4v) is 2.54. The first kappa shape index (κ1) is 13.8. The summed E-state index contributed by atoms with van der Waals surface area (Å²) in [5.74, 6) is 0.133. The van der Waals surface area contributed by atoms with Crippen molar-refractivity contribution in [2.24, 2.45) is 0 Å². The lowest BCUT2D eigenvalue weighted by Gasteiger charge is -2.17. The number of alkyl halides is 2. The van der Waals surface area contributed by atoms with Crippen molar-refractivity contribution >= 4 is 15.8 Å². The zero-order chi connectivity index (χ0) is 13.1. The van der Waals surface area contributed by atoms with Crippen LogP contribution < -0.4 is 5.32 Å². The van der Waals surface area contributed by atoms with E-state index in [1.54, 1.807) is 0 Å². The average molecular weight is 265 g/mol. The molecule has 0 aliphatic carbocycles. The lowest BCUT2D eigenvalue weighted by molar-refractivity contribution is 0.126. The Hall–Kier alpha value is -1.28. The molecule has 0 saturated heterocycles. The van der Waals surface area contributed by atoms with Crippen LogP contribution >= 0.6 is 0 Å². The van der Waals surface area contributed by atoms with E-state index in [4.69, 9.17) is 0 Å². The van der Waals surface area contributed by atoms with Crippen molar-refractivity contribution in [3.8, 4) is 0 Å². The van der Waals surface area contributed by atoms with Crippen LogP contribution in [0.2, 0.25) is 0 Å². The summed E-state index contributed by atoms with van der Waals surface area (Å²) in [6.07, 6.45) is -1.30. The maximum atomic E-state index is 12.2. The molecule has 1 rings (SSSR count). The summed E-state index contributed by atoms with van der Waals surface area (Å²) >= 11 is 0. The Balaban J connectivity index is 3.13. The number of aromatic nitrogens is 1. The molecular weight excluding hydrogens is 252 g/mol. The van der Waals surface area contributed by atoms with Gasteiger partial charge in [-0.1, -0.05) is 0 Å². The number of rotatable bonds is 5. The van der Waals surface area contributed by atoms with E-state index in [0.29, 0.717) is 4.31 Å². The summed E-state index contributed by atoms with van der Waals surface area (Å²) in [5.41, 5.74) is 0. The minimum atomic E-state index is -3.95. The van der Waals surface area contributed by atoms with Gasteiger partial charge in [0.25, 0.3) is 6.43 Å². The Morgan fingerprint density at radius 3 is 2.71 bits per heavy atom. The SMILES string of the molecule is CNc1ncccc1S(=O)(=O)N(C)CC(F)F. The molecule has 0 fully saturated rings. The summed E-state index contributed by atoms with van der Waals surface area (Å²) in [4.78, 5) is 3.70. The van der Waals surface area contributed by atoms with Gasteiger partial charge in [0.1, 0.15) is 10.7 Å². The van der Waals surface area contributed by atoms with Gasteiger partial charge in [-0.2, -0.15) is 4.31 Å². The van der Waals surface area contributed by atoms with E-state index in [0.717, 1.165) is 7.05 Å². The standard InChI is InChI=1S/C9H13F2N3O2S/c1-12-9-7(4-3-5-13-9)17(15,16)14(2)6-8(10)11/h3-5,8H,6H2,1-2H3,(H,12,13). The molecule has 0 bridgehead atoms. The molecule has 0 aliphatic heterocycles. The first-order valence-corrected chi connectivity index (χ1v) is 6.21. The molecule has 1 aromatic heterocycles. The van der Waals surface area contributed by atoms with E-state index in [1.807, 2.05) is 0 Å². The predicted molar refractivity (Wildman–Crippen MR) is 59.6 cm³/mol. The van der Waals surface area contributed by atoms with Gasteiger partial charge in [0.05, 0.1) is 6.54 Å². The Morgan fingerprint density at radius 2 is 2.18 bits per heavy atom. The van der Waals surface area contributed by atoms with E-state index >= 15 is 0 Å². The third kappa shape index (κ3) is 3.10. The minimum Gasteiger partial charge on any atom is -0.372 e. The molecule has 1 N–H and O–H groups in total. The number of hydrogen-bond acceptors (Lipinski definition) is 4. The zero-order valence-electron chi connectivity index (χ0n) is 9.39. The first-order chi connectivity index (χ1) is 7.89. The Labute approximate surface area is 98.5 Å². The fraction of sp³-hybridized carbons (Fsp3) is 0.444. The summed E-state index contributed by atoms with van der Waals surface area (Å²) < 4.78 is 48.9. The van der Waals surface area contributed by atoms with Crippen molar-refractivity contribution in [2.75, 3.05) is 26.0 Å². The van der Waals surface area contributed by atoms with E-state index in [9.17, 15) is 17.2 Å². The van der Waals surface area contributed by atoms with Gasteiger partial charge in [0.2, 0.25) is 10.0 Å². The lowest BCUT2D eigenvalue weighted by Crippen LogP contribution is -2.31. The van der Waals surface area contributed by atoms with Crippen LogP contribution in [0, 0.1) is 0 Å². The monoisotopic (exact) mass is 265 g/mol. The van der Waals surface area contributed by atoms with Crippen molar-refractivity contribution < 1.29 is 17.2 Å². The van der Waals surface area contributed by atoms with Crippen LogP contribution in [0.5, 0.6) is 0 Å². The lowest BCUT2D eigenvalue weighted by atomic mass is 10.5. The second kappa shape index (κ2) is 5.37. The highest BCUT2D eigenvalue weighted by atomic mass is 32.2. The molecule has 0 unspecified atom stereocenters. The van der Waals surface area contributed by atoms with Crippen LogP contribution in [-0.4, -0.2) is 44.8 Å². The van der Waals surface area contributed by atoms with Crippen LogP contribution in [0.15, 0.2) is 23.2 Å². The third-order valence-corrected chi connectivity index (χ3v) is 3.95. The molecule has 17 heavy (non-hydrogen) atoms. The van der Waals surface area contributed by atoms with E-state index < -0.39 is 23.0 Å². The number of halogens is 2. The van der Waals surface area contributed by atoms with E-state index in [1.165, 1.54) is 25.4 Å². The first-order valence-electron chi connectivity index (χ1n) is 4.77. The topological polar surface area (TPSA) is 62.3 Å². The number of nitrogens with zero attached hydrogens (tertiary/aromatic N) is 2. The Morgan fingerprint density at radius 1 is 1.53 bits per heavy atom. The van der Waals surface area contributed by atoms with Crippen molar-refractivity contribution in [1.82, 2.24) is 9.29 Å². The molecular formula is C9H13F2N3O2S. The predicted octanol–water partition coefficient (Wildman–Crippen LogP) is 1.01. The average Bonchev–Trinajstić information content (AvgIpc) is 2.28. The van der Waals surface area contributed by atoms with Gasteiger partial charge in [-0.15, -0.1) is 0 Å². The van der Waals surface area contributed by atoms with Crippen molar-refractivity contribution in [3.63, 3.8) is 0 Å². The van der Waals surface area contributed by atoms with Crippen LogP contribution in [0.25, 0.3) is 0 Å². The molecule has 0 aromatic carbocycles. The highest BCUT2D eigenvalue weighted by Crippen LogP contribution is 2.21. The third-order valence-electron chi connectivity index (χ3n) is 2.09. The number of hydrogen-bond donors (Lipinski definition) is 1. The molecule has 1 heterocycles. The number of sulfonamides is 1. The van der Waals surface area contributed by atoms with Gasteiger partial charge in [-0.25, -0.2) is 22.2 Å². The van der Waals surface area contributed by atoms with Crippen LogP contribution in [0.1, 0.15) is 0 Å². The van der Waals surface area contributed by atoms with Gasteiger partial charge in [0, 0.05) is 20.3 Å². The molecule has 96 valence electrons. The van der Waals surface area contributed by atoms with Gasteiger partial charge in [-0.3, -0.25) is 0 Å². The summed E-state index contributed by atoms with van der Waals surface area (Å²) in [6, 6.07) is 2.75. The van der Waals surface area contributed by atoms with Gasteiger partial charge >= 0.3 is 0 Å². The molecule has 0 spiro atoms. The fourth-order valence-electron chi connectivity index (χ4n) is 1.25. The van der Waals surface area contributed by atoms with Crippen LogP contribution in [-0.2, 0) is 10.0 Å². The van der Waals surface area contributed by atoms with E-state index in [2.05, 4.69) is 10.3 Å². The molecule has 8 heteroatoms. The number of anilines is 1. The van der Waals surface area contributed by atoms with Crippen LogP contribution in [0.4, 0.5) is 14.6 Å². The van der Waals surface area contributed by atoms with Crippen molar-refractivity contribution in [3.05, 3.63) is 18.3 Å². The molecule has 0 aliphatic rings. The van der Waals surface area contributed by atoms with Gasteiger partial charge in [-0.05, 0) is 12.1 Å². The number of nitrogens with one attached hydrogen (secondary N) is 1. The van der Waals surface area contributed by atoms with Crippen molar-refractivity contribution in [2.45, 2.75) is 11.3 Å². The second-order valence-electron chi connectivity index (χ2n) is 3.28. The maximum Gasteiger partial charge on any atom is 0.252 e. The Bertz CT molecular complexity index is 479. The Kier molecular flexibility index (Phi) is 4.35. The second-order valence-corrected chi connectivity index (χ2v) is 5.29. The minimum absolute atomic E-state index is 0.120. The molecule has 5 nitrogen and oxygen atoms in total. The molecule has 1 aromatic rings. The summed E-state index contributed by atoms with van der Waals surface area (Å²) in [6.45, 7) is -0.847. The van der Waals surface area contributed by atoms with Crippen LogP contribution in [0.3, 0.4) is 0 Å². The normalized spacial score (nSPS) is 12.1. The summed E-state index contributed by atoms with van der Waals surface area (Å²) in [5, 5.41) is 2.61. The summed E-state index contributed by atoms with van der Waals surface area (Å²) in [7, 11) is -1.33. The maximum absolute atomic E-state index is 12.2. The molecule has 0 atom stereocenters. The molecule has 0 amide bonds.